The van der Waals surface area contributed by atoms with Crippen LogP contribution in [0.3, 0.4) is 0 Å². The molecule has 6 heteroatoms. The Hall–Kier alpha value is -1.14. The van der Waals surface area contributed by atoms with Crippen LogP contribution in [-0.4, -0.2) is 54.7 Å². The number of nitrogens with zero attached hydrogens (tertiary/aromatic N) is 1. The van der Waals surface area contributed by atoms with Gasteiger partial charge < -0.3 is 10.4 Å². The monoisotopic (exact) mass is 231 g/mol. The number of rotatable bonds is 6. The lowest BCUT2D eigenvalue weighted by Crippen LogP contribution is -2.49. The molecular weight excluding hydrogens is 210 g/mol. The van der Waals surface area contributed by atoms with Crippen molar-refractivity contribution >= 4 is 11.9 Å². The van der Waals surface area contributed by atoms with E-state index in [1.807, 2.05) is 11.8 Å². The predicted molar refractivity (Wildman–Crippen MR) is 61.0 cm³/mol. The summed E-state index contributed by atoms with van der Waals surface area (Å²) in [6.07, 6.45) is 0.887. The number of aliphatic hydroxyl groups excluding tert-OH is 1. The Kier molecular flexibility index (Phi) is 7.49. The quantitative estimate of drug-likeness (QED) is 0.577. The van der Waals surface area contributed by atoms with E-state index in [1.54, 1.807) is 6.92 Å². The lowest BCUT2D eigenvalue weighted by Gasteiger charge is -2.26. The average Bonchev–Trinajstić information content (AvgIpc) is 2.27. The van der Waals surface area contributed by atoms with Crippen molar-refractivity contribution in [2.24, 2.45) is 0 Å². The Morgan fingerprint density at radius 1 is 1.38 bits per heavy atom. The van der Waals surface area contributed by atoms with Gasteiger partial charge in [-0.05, 0) is 19.9 Å². The van der Waals surface area contributed by atoms with Gasteiger partial charge in [-0.1, -0.05) is 6.92 Å². The van der Waals surface area contributed by atoms with Gasteiger partial charge in [0.05, 0.1) is 12.6 Å². The highest BCUT2D eigenvalue weighted by Crippen LogP contribution is 2.00. The molecule has 6 nitrogen and oxygen atoms in total. The molecule has 0 saturated carbocycles. The highest BCUT2D eigenvalue weighted by Gasteiger charge is 2.21. The highest BCUT2D eigenvalue weighted by molar-refractivity contribution is 5.96. The molecule has 16 heavy (non-hydrogen) atoms. The van der Waals surface area contributed by atoms with Gasteiger partial charge in [-0.15, -0.1) is 0 Å². The first-order chi connectivity index (χ1) is 7.56. The molecule has 0 saturated heterocycles. The largest absolute Gasteiger partial charge is 0.395 e. The second kappa shape index (κ2) is 8.06. The van der Waals surface area contributed by atoms with Gasteiger partial charge in [0.2, 0.25) is 5.91 Å². The Balaban J connectivity index is 4.29. The molecule has 3 amide bonds. The minimum atomic E-state index is -0.516. The van der Waals surface area contributed by atoms with Crippen molar-refractivity contribution in [3.05, 3.63) is 0 Å². The minimum absolute atomic E-state index is 0.00239. The van der Waals surface area contributed by atoms with Crippen LogP contribution in [0.2, 0.25) is 0 Å². The van der Waals surface area contributed by atoms with E-state index in [0.717, 1.165) is 6.42 Å². The molecule has 0 fully saturated rings. The molecule has 1 atom stereocenters. The first-order valence-electron chi connectivity index (χ1n) is 5.44. The lowest BCUT2D eigenvalue weighted by atomic mass is 10.2. The molecule has 1 unspecified atom stereocenters. The van der Waals surface area contributed by atoms with Gasteiger partial charge in [-0.2, -0.15) is 0 Å². The molecule has 0 aliphatic rings. The van der Waals surface area contributed by atoms with Gasteiger partial charge >= 0.3 is 6.03 Å². The molecule has 0 aliphatic carbocycles. The van der Waals surface area contributed by atoms with Crippen LogP contribution in [0.4, 0.5) is 4.79 Å². The summed E-state index contributed by atoms with van der Waals surface area (Å²) in [5, 5.41) is 13.4. The summed E-state index contributed by atoms with van der Waals surface area (Å²) in [4.78, 5) is 24.4. The number of nitrogens with one attached hydrogen (secondary N) is 2. The van der Waals surface area contributed by atoms with E-state index >= 15 is 0 Å². The zero-order valence-corrected chi connectivity index (χ0v) is 10.1. The first-order valence-corrected chi connectivity index (χ1v) is 5.44. The van der Waals surface area contributed by atoms with Crippen LogP contribution in [0.5, 0.6) is 0 Å². The standard InChI is InChI=1S/C10H21N3O3/c1-4-5-13(6-7-14)8(2)9(15)12-10(16)11-3/h8,14H,4-7H2,1-3H3,(H2,11,12,15,16). The summed E-state index contributed by atoms with van der Waals surface area (Å²) in [6, 6.07) is -0.943. The summed E-state index contributed by atoms with van der Waals surface area (Å²) in [7, 11) is 1.45. The Bertz CT molecular complexity index is 227. The molecule has 0 spiro atoms. The van der Waals surface area contributed by atoms with Crippen molar-refractivity contribution in [3.8, 4) is 0 Å². The van der Waals surface area contributed by atoms with E-state index in [-0.39, 0.29) is 12.5 Å². The van der Waals surface area contributed by atoms with Crippen LogP contribution in [0.1, 0.15) is 20.3 Å². The summed E-state index contributed by atoms with van der Waals surface area (Å²) >= 11 is 0. The van der Waals surface area contributed by atoms with E-state index in [2.05, 4.69) is 10.6 Å². The first kappa shape index (κ1) is 14.9. The maximum Gasteiger partial charge on any atom is 0.321 e. The molecule has 0 aromatic rings. The van der Waals surface area contributed by atoms with Crippen molar-refractivity contribution in [1.82, 2.24) is 15.5 Å². The normalized spacial score (nSPS) is 12.3. The molecule has 0 rings (SSSR count). The van der Waals surface area contributed by atoms with Crippen LogP contribution >= 0.6 is 0 Å². The van der Waals surface area contributed by atoms with Gasteiger partial charge in [-0.25, -0.2) is 4.79 Å². The SMILES string of the molecule is CCCN(CCO)C(C)C(=O)NC(=O)NC. The van der Waals surface area contributed by atoms with E-state index in [1.165, 1.54) is 7.05 Å². The third-order valence-electron chi connectivity index (χ3n) is 2.29. The molecule has 0 aromatic heterocycles. The van der Waals surface area contributed by atoms with Gasteiger partial charge in [-0.3, -0.25) is 15.0 Å². The molecular formula is C10H21N3O3. The van der Waals surface area contributed by atoms with Crippen LogP contribution in [0.15, 0.2) is 0 Å². The van der Waals surface area contributed by atoms with E-state index in [0.29, 0.717) is 13.1 Å². The third kappa shape index (κ3) is 5.09. The number of imide groups is 1. The van der Waals surface area contributed by atoms with Gasteiger partial charge in [0.1, 0.15) is 0 Å². The smallest absolute Gasteiger partial charge is 0.321 e. The zero-order chi connectivity index (χ0) is 12.6. The number of amides is 3. The second-order valence-corrected chi connectivity index (χ2v) is 3.50. The van der Waals surface area contributed by atoms with Crippen LogP contribution in [0, 0.1) is 0 Å². The highest BCUT2D eigenvalue weighted by atomic mass is 16.3. The predicted octanol–water partition coefficient (Wildman–Crippen LogP) is -0.465. The maximum atomic E-state index is 11.6. The van der Waals surface area contributed by atoms with Gasteiger partial charge in [0.25, 0.3) is 0 Å². The van der Waals surface area contributed by atoms with E-state index in [4.69, 9.17) is 5.11 Å². The number of hydrogen-bond acceptors (Lipinski definition) is 4. The third-order valence-corrected chi connectivity index (χ3v) is 2.29. The van der Waals surface area contributed by atoms with Crippen molar-refractivity contribution in [3.63, 3.8) is 0 Å². The van der Waals surface area contributed by atoms with Crippen molar-refractivity contribution < 1.29 is 14.7 Å². The molecule has 0 heterocycles. The Morgan fingerprint density at radius 3 is 2.44 bits per heavy atom. The summed E-state index contributed by atoms with van der Waals surface area (Å²) in [6.45, 7) is 4.84. The molecule has 0 radical (unpaired) electrons. The lowest BCUT2D eigenvalue weighted by molar-refractivity contribution is -0.124. The summed E-state index contributed by atoms with van der Waals surface area (Å²) in [5.41, 5.74) is 0. The minimum Gasteiger partial charge on any atom is -0.395 e. The molecule has 0 bridgehead atoms. The van der Waals surface area contributed by atoms with Crippen LogP contribution < -0.4 is 10.6 Å². The number of carbonyl (C=O) groups excluding carboxylic acids is 2. The molecule has 0 aliphatic heterocycles. The van der Waals surface area contributed by atoms with E-state index < -0.39 is 12.1 Å². The van der Waals surface area contributed by atoms with Crippen LogP contribution in [0.25, 0.3) is 0 Å². The van der Waals surface area contributed by atoms with Crippen molar-refractivity contribution in [2.75, 3.05) is 26.7 Å². The number of aliphatic hydroxyl groups is 1. The van der Waals surface area contributed by atoms with Gasteiger partial charge in [0, 0.05) is 13.6 Å². The molecule has 94 valence electrons. The number of hydrogen-bond donors (Lipinski definition) is 3. The van der Waals surface area contributed by atoms with Crippen molar-refractivity contribution in [2.45, 2.75) is 26.3 Å². The fourth-order valence-corrected chi connectivity index (χ4v) is 1.36. The summed E-state index contributed by atoms with van der Waals surface area (Å²) < 4.78 is 0. The average molecular weight is 231 g/mol. The van der Waals surface area contributed by atoms with Crippen molar-refractivity contribution in [1.29, 1.82) is 0 Å². The summed E-state index contributed by atoms with van der Waals surface area (Å²) in [5.74, 6) is -0.360. The zero-order valence-electron chi connectivity index (χ0n) is 10.1. The second-order valence-electron chi connectivity index (χ2n) is 3.50. The number of urea groups is 1. The topological polar surface area (TPSA) is 81.7 Å². The molecule has 0 aromatic carbocycles. The van der Waals surface area contributed by atoms with E-state index in [9.17, 15) is 9.59 Å². The molecule has 3 N–H and O–H groups in total. The fraction of sp³-hybridized carbons (Fsp3) is 0.800. The van der Waals surface area contributed by atoms with Crippen LogP contribution in [-0.2, 0) is 4.79 Å². The maximum absolute atomic E-state index is 11.6. The Morgan fingerprint density at radius 2 is 2.00 bits per heavy atom. The Labute approximate surface area is 96.0 Å². The van der Waals surface area contributed by atoms with Gasteiger partial charge in [0.15, 0.2) is 0 Å². The fourth-order valence-electron chi connectivity index (χ4n) is 1.36. The number of carbonyl (C=O) groups is 2.